The predicted molar refractivity (Wildman–Crippen MR) is 176 cm³/mol. The molecule has 3 aromatic rings. The molecule has 0 spiro atoms. The molecule has 0 saturated carbocycles. The molecule has 0 bridgehead atoms. The van der Waals surface area contributed by atoms with E-state index in [1.54, 1.807) is 0 Å². The van der Waals surface area contributed by atoms with Crippen molar-refractivity contribution in [1.29, 1.82) is 0 Å². The second-order valence-corrected chi connectivity index (χ2v) is 18.4. The van der Waals surface area contributed by atoms with Crippen LogP contribution in [0.25, 0.3) is 22.0 Å². The summed E-state index contributed by atoms with van der Waals surface area (Å²) in [7, 11) is -1.36. The SMILES string of the molecule is CC(C)(C)c1cc(-c2cc([Si](C)(C)C)ccn2)[c-]c2ccccc12.CCC(CC)C(=O)/C=C(\O)C(C)(CC)CC.[Ir]. The van der Waals surface area contributed by atoms with Crippen molar-refractivity contribution in [2.75, 3.05) is 0 Å². The number of carbonyl (C=O) groups is 1. The fraction of sp³-hybridized carbons (Fsp3) is 0.500. The minimum atomic E-state index is -1.36. The van der Waals surface area contributed by atoms with Crippen molar-refractivity contribution < 1.29 is 30.0 Å². The fourth-order valence-electron chi connectivity index (χ4n) is 4.76. The molecule has 0 atom stereocenters. The Morgan fingerprint density at radius 3 is 2.07 bits per heavy atom. The minimum absolute atomic E-state index is 0. The maximum Gasteiger partial charge on any atom is 0.162 e. The summed E-state index contributed by atoms with van der Waals surface area (Å²) >= 11 is 0. The van der Waals surface area contributed by atoms with Gasteiger partial charge in [-0.25, -0.2) is 0 Å². The molecule has 3 rings (SSSR count). The summed E-state index contributed by atoms with van der Waals surface area (Å²) in [5.41, 5.74) is 3.32. The van der Waals surface area contributed by atoms with Crippen LogP contribution in [0.3, 0.4) is 0 Å². The van der Waals surface area contributed by atoms with Crippen molar-refractivity contribution in [3.8, 4) is 11.3 Å². The van der Waals surface area contributed by atoms with E-state index in [-0.39, 0.29) is 48.4 Å². The predicted octanol–water partition coefficient (Wildman–Crippen LogP) is 9.80. The van der Waals surface area contributed by atoms with Crippen LogP contribution in [0.5, 0.6) is 0 Å². The molecule has 0 aliphatic heterocycles. The smallest absolute Gasteiger partial charge is 0.162 e. The van der Waals surface area contributed by atoms with Gasteiger partial charge < -0.3 is 5.11 Å². The minimum Gasteiger partial charge on any atom is -0.512 e. The fourth-order valence-corrected chi connectivity index (χ4v) is 5.91. The zero-order valence-electron chi connectivity index (χ0n) is 27.2. The van der Waals surface area contributed by atoms with Crippen LogP contribution in [0, 0.1) is 17.4 Å². The molecule has 5 heteroatoms. The number of carbonyl (C=O) groups excluding carboxylic acids is 1. The summed E-state index contributed by atoms with van der Waals surface area (Å²) in [4.78, 5) is 16.5. The van der Waals surface area contributed by atoms with Crippen LogP contribution in [0.1, 0.15) is 86.6 Å². The quantitative estimate of drug-likeness (QED) is 0.103. The molecule has 1 heterocycles. The Morgan fingerprint density at radius 2 is 1.56 bits per heavy atom. The Morgan fingerprint density at radius 1 is 0.976 bits per heavy atom. The number of aromatic nitrogens is 1. The Labute approximate surface area is 264 Å². The van der Waals surface area contributed by atoms with Crippen molar-refractivity contribution in [3.63, 3.8) is 0 Å². The monoisotopic (exact) mass is 751 g/mol. The molecule has 1 N–H and O–H groups in total. The van der Waals surface area contributed by atoms with Crippen molar-refractivity contribution in [3.05, 3.63) is 72.1 Å². The molecule has 3 nitrogen and oxygen atoms in total. The first-order valence-electron chi connectivity index (χ1n) is 15.0. The largest absolute Gasteiger partial charge is 0.512 e. The molecule has 0 saturated heterocycles. The Bertz CT molecular complexity index is 1310. The Hall–Kier alpha value is -2.07. The average Bonchev–Trinajstić information content (AvgIpc) is 2.92. The summed E-state index contributed by atoms with van der Waals surface area (Å²) in [5, 5.41) is 13.9. The van der Waals surface area contributed by atoms with Gasteiger partial charge in [-0.15, -0.1) is 29.1 Å². The molecule has 0 amide bonds. The van der Waals surface area contributed by atoms with Crippen LogP contribution in [0.4, 0.5) is 0 Å². The van der Waals surface area contributed by atoms with Gasteiger partial charge in [0.1, 0.15) is 5.76 Å². The topological polar surface area (TPSA) is 50.2 Å². The first-order chi connectivity index (χ1) is 18.6. The van der Waals surface area contributed by atoms with E-state index < -0.39 is 8.07 Å². The number of benzene rings is 2. The Kier molecular flexibility index (Phi) is 13.9. The van der Waals surface area contributed by atoms with E-state index in [0.29, 0.717) is 0 Å². The average molecular weight is 751 g/mol. The van der Waals surface area contributed by atoms with E-state index in [1.807, 2.05) is 40.8 Å². The standard InChI is InChI=1S/C22H26NSi.C14H26O2.Ir/c1-22(2,3)20-14-17(13-16-9-7-8-10-19(16)20)21-15-18(11-12-23-21)24(4,5)6;1-6-11(7-2)12(15)10-13(16)14(5,8-3)9-4;/h7-12,14-15H,1-6H3;10-11,16H,6-9H2,1-5H3;/q-1;;/b;13-10-;. The van der Waals surface area contributed by atoms with Gasteiger partial charge in [0, 0.05) is 49.4 Å². The van der Waals surface area contributed by atoms with E-state index in [0.717, 1.165) is 36.9 Å². The van der Waals surface area contributed by atoms with Gasteiger partial charge in [0.15, 0.2) is 5.78 Å². The number of fused-ring (bicyclic) bond motifs is 1. The van der Waals surface area contributed by atoms with E-state index in [1.165, 1.54) is 27.6 Å². The third-order valence-corrected chi connectivity index (χ3v) is 10.4. The zero-order chi connectivity index (χ0) is 30.3. The molecule has 1 radical (unpaired) electrons. The number of allylic oxidation sites excluding steroid dienone is 2. The van der Waals surface area contributed by atoms with E-state index >= 15 is 0 Å². The van der Waals surface area contributed by atoms with Gasteiger partial charge in [-0.3, -0.25) is 9.78 Å². The third kappa shape index (κ3) is 9.73. The molecule has 0 unspecified atom stereocenters. The molecule has 2 aromatic carbocycles. The van der Waals surface area contributed by atoms with Gasteiger partial charge >= 0.3 is 0 Å². The van der Waals surface area contributed by atoms with Crippen LogP contribution in [0.2, 0.25) is 19.6 Å². The van der Waals surface area contributed by atoms with Crippen molar-refractivity contribution in [2.24, 2.45) is 11.3 Å². The zero-order valence-corrected chi connectivity index (χ0v) is 30.6. The number of aliphatic hydroxyl groups is 1. The van der Waals surface area contributed by atoms with Crippen molar-refractivity contribution in [1.82, 2.24) is 4.98 Å². The number of hydrogen-bond donors (Lipinski definition) is 1. The summed E-state index contributed by atoms with van der Waals surface area (Å²) in [6.07, 6.45) is 6.78. The second-order valence-electron chi connectivity index (χ2n) is 13.3. The number of hydrogen-bond acceptors (Lipinski definition) is 3. The summed E-state index contributed by atoms with van der Waals surface area (Å²) in [5.74, 6) is 0.366. The van der Waals surface area contributed by atoms with Gasteiger partial charge in [-0.1, -0.05) is 115 Å². The second kappa shape index (κ2) is 15.4. The normalized spacial score (nSPS) is 12.5. The first-order valence-corrected chi connectivity index (χ1v) is 18.5. The van der Waals surface area contributed by atoms with Crippen molar-refractivity contribution in [2.45, 2.75) is 106 Å². The maximum atomic E-state index is 11.9. The first kappa shape index (κ1) is 37.0. The van der Waals surface area contributed by atoms with Crippen molar-refractivity contribution >= 4 is 29.8 Å². The van der Waals surface area contributed by atoms with Gasteiger partial charge in [0.25, 0.3) is 0 Å². The summed E-state index contributed by atoms with van der Waals surface area (Å²) < 4.78 is 0. The molecule has 0 aliphatic rings. The van der Waals surface area contributed by atoms with Crippen LogP contribution >= 0.6 is 0 Å². The van der Waals surface area contributed by atoms with E-state index in [4.69, 9.17) is 0 Å². The van der Waals surface area contributed by atoms with Gasteiger partial charge in [-0.2, -0.15) is 0 Å². The number of rotatable bonds is 9. The van der Waals surface area contributed by atoms with Gasteiger partial charge in [-0.05, 0) is 37.2 Å². The number of pyridine rings is 1. The summed E-state index contributed by atoms with van der Waals surface area (Å²) in [6.45, 7) is 24.0. The Balaban J connectivity index is 0.000000437. The van der Waals surface area contributed by atoms with Crippen LogP contribution in [-0.4, -0.2) is 23.9 Å². The van der Waals surface area contributed by atoms with E-state index in [2.05, 4.69) is 93.9 Å². The molecule has 0 aliphatic carbocycles. The third-order valence-electron chi connectivity index (χ3n) is 8.33. The number of nitrogens with zero attached hydrogens (tertiary/aromatic N) is 1. The molecular formula is C36H52IrNO2Si-. The molecular weight excluding hydrogens is 699 g/mol. The molecule has 0 fully saturated rings. The maximum absolute atomic E-state index is 11.9. The van der Waals surface area contributed by atoms with Crippen LogP contribution in [0.15, 0.2) is 60.5 Å². The van der Waals surface area contributed by atoms with Gasteiger partial charge in [0.05, 0.1) is 8.07 Å². The molecule has 227 valence electrons. The summed E-state index contributed by atoms with van der Waals surface area (Å²) in [6, 6.07) is 18.8. The number of ketones is 1. The van der Waals surface area contributed by atoms with Gasteiger partial charge in [0.2, 0.25) is 0 Å². The van der Waals surface area contributed by atoms with Crippen LogP contribution in [-0.2, 0) is 30.3 Å². The van der Waals surface area contributed by atoms with E-state index in [9.17, 15) is 9.90 Å². The van der Waals surface area contributed by atoms with Crippen LogP contribution < -0.4 is 5.19 Å². The number of aliphatic hydroxyl groups excluding tert-OH is 1. The molecule has 41 heavy (non-hydrogen) atoms. The molecule has 1 aromatic heterocycles.